The summed E-state index contributed by atoms with van der Waals surface area (Å²) in [4.78, 5) is 19.0. The fraction of sp³-hybridized carbons (Fsp3) is 0.667. The first-order valence-corrected chi connectivity index (χ1v) is 6.04. The van der Waals surface area contributed by atoms with Crippen molar-refractivity contribution < 1.29 is 9.66 Å². The average Bonchev–Trinajstić information content (AvgIpc) is 2.25. The molecule has 0 spiro atoms. The van der Waals surface area contributed by atoms with Crippen LogP contribution in [0.4, 0.5) is 11.5 Å². The van der Waals surface area contributed by atoms with E-state index < -0.39 is 4.92 Å². The molecule has 0 atom stereocenters. The Bertz CT molecular complexity index is 481. The lowest BCUT2D eigenvalue weighted by atomic mass is 9.95. The third-order valence-electron chi connectivity index (χ3n) is 2.32. The van der Waals surface area contributed by atoms with Crippen molar-refractivity contribution in [1.82, 2.24) is 9.97 Å². The van der Waals surface area contributed by atoms with Crippen molar-refractivity contribution in [2.45, 2.75) is 46.1 Å². The molecular weight excluding hydrogens is 248 g/mol. The second-order valence-electron chi connectivity index (χ2n) is 5.56. The smallest absolute Gasteiger partial charge is 0.372 e. The van der Waals surface area contributed by atoms with Gasteiger partial charge in [-0.15, -0.1) is 0 Å². The number of aromatic nitrogens is 2. The number of nitrogens with zero attached hydrogens (tertiary/aromatic N) is 3. The topological polar surface area (TPSA) is 90.2 Å². The van der Waals surface area contributed by atoms with Crippen LogP contribution in [0.1, 0.15) is 40.4 Å². The van der Waals surface area contributed by atoms with E-state index in [-0.39, 0.29) is 28.8 Å². The van der Waals surface area contributed by atoms with Gasteiger partial charge in [-0.3, -0.25) is 10.1 Å². The minimum Gasteiger partial charge on any atom is -0.476 e. The van der Waals surface area contributed by atoms with E-state index in [1.54, 1.807) is 0 Å². The highest BCUT2D eigenvalue weighted by Gasteiger charge is 2.29. The quantitative estimate of drug-likeness (QED) is 0.666. The van der Waals surface area contributed by atoms with Gasteiger partial charge in [-0.2, -0.15) is 4.98 Å². The van der Waals surface area contributed by atoms with E-state index in [9.17, 15) is 10.1 Å². The number of hydrogen-bond acceptors (Lipinski definition) is 6. The molecule has 0 saturated carbocycles. The first-order valence-electron chi connectivity index (χ1n) is 6.04. The maximum Gasteiger partial charge on any atom is 0.372 e. The van der Waals surface area contributed by atoms with Gasteiger partial charge in [0.25, 0.3) is 5.88 Å². The first-order chi connectivity index (χ1) is 8.66. The van der Waals surface area contributed by atoms with Crippen molar-refractivity contribution >= 4 is 11.5 Å². The SMILES string of the molecule is COc1nc(C(C)(C)C)nc(NC(C)C)c1[N+](=O)[O-]. The predicted octanol–water partition coefficient (Wildman–Crippen LogP) is 2.51. The second-order valence-corrected chi connectivity index (χ2v) is 5.56. The molecule has 0 unspecified atom stereocenters. The molecule has 1 aromatic rings. The van der Waals surface area contributed by atoms with Crippen molar-refractivity contribution in [2.75, 3.05) is 12.4 Å². The van der Waals surface area contributed by atoms with Gasteiger partial charge in [0, 0.05) is 11.5 Å². The Hall–Kier alpha value is -1.92. The average molecular weight is 268 g/mol. The van der Waals surface area contributed by atoms with Crippen LogP contribution >= 0.6 is 0 Å². The molecule has 106 valence electrons. The maximum absolute atomic E-state index is 11.1. The number of anilines is 1. The van der Waals surface area contributed by atoms with Crippen LogP contribution in [0.2, 0.25) is 0 Å². The minimum absolute atomic E-state index is 0.0196. The Morgan fingerprint density at radius 1 is 1.32 bits per heavy atom. The summed E-state index contributed by atoms with van der Waals surface area (Å²) in [6.07, 6.45) is 0. The van der Waals surface area contributed by atoms with Crippen molar-refractivity contribution in [2.24, 2.45) is 0 Å². The summed E-state index contributed by atoms with van der Waals surface area (Å²) in [5.41, 5.74) is -0.556. The minimum atomic E-state index is -0.532. The molecule has 1 aromatic heterocycles. The summed E-state index contributed by atoms with van der Waals surface area (Å²) >= 11 is 0. The molecule has 0 aromatic carbocycles. The van der Waals surface area contributed by atoms with E-state index in [2.05, 4.69) is 15.3 Å². The van der Waals surface area contributed by atoms with Crippen LogP contribution in [0, 0.1) is 10.1 Å². The van der Waals surface area contributed by atoms with Crippen molar-refractivity contribution in [1.29, 1.82) is 0 Å². The summed E-state index contributed by atoms with van der Waals surface area (Å²) in [5, 5.41) is 14.1. The Kier molecular flexibility index (Phi) is 4.28. The summed E-state index contributed by atoms with van der Waals surface area (Å²) in [6, 6.07) is 0.0196. The van der Waals surface area contributed by atoms with E-state index in [4.69, 9.17) is 4.74 Å². The number of nitrogens with one attached hydrogen (secondary N) is 1. The largest absolute Gasteiger partial charge is 0.476 e. The van der Waals surface area contributed by atoms with Crippen LogP contribution in [0.3, 0.4) is 0 Å². The van der Waals surface area contributed by atoms with E-state index in [1.165, 1.54) is 7.11 Å². The van der Waals surface area contributed by atoms with Crippen LogP contribution in [-0.2, 0) is 5.41 Å². The van der Waals surface area contributed by atoms with Gasteiger partial charge < -0.3 is 10.1 Å². The molecule has 19 heavy (non-hydrogen) atoms. The molecule has 0 aliphatic rings. The normalized spacial score (nSPS) is 11.5. The zero-order chi connectivity index (χ0) is 14.8. The molecule has 0 aliphatic heterocycles. The first kappa shape index (κ1) is 15.1. The number of methoxy groups -OCH3 is 1. The monoisotopic (exact) mass is 268 g/mol. The highest BCUT2D eigenvalue weighted by atomic mass is 16.6. The zero-order valence-electron chi connectivity index (χ0n) is 12.1. The predicted molar refractivity (Wildman–Crippen MR) is 72.7 cm³/mol. The van der Waals surface area contributed by atoms with Gasteiger partial charge >= 0.3 is 5.69 Å². The van der Waals surface area contributed by atoms with Gasteiger partial charge in [-0.1, -0.05) is 20.8 Å². The number of nitro groups is 1. The lowest BCUT2D eigenvalue weighted by Crippen LogP contribution is -2.21. The summed E-state index contributed by atoms with van der Waals surface area (Å²) in [6.45, 7) is 9.58. The third kappa shape index (κ3) is 3.52. The molecule has 1 rings (SSSR count). The van der Waals surface area contributed by atoms with Gasteiger partial charge in [0.15, 0.2) is 0 Å². The molecule has 1 N–H and O–H groups in total. The maximum atomic E-state index is 11.1. The van der Waals surface area contributed by atoms with Crippen LogP contribution in [0.5, 0.6) is 5.88 Å². The number of rotatable bonds is 4. The highest BCUT2D eigenvalue weighted by Crippen LogP contribution is 2.34. The van der Waals surface area contributed by atoms with E-state index in [0.717, 1.165) is 0 Å². The number of hydrogen-bond donors (Lipinski definition) is 1. The second kappa shape index (κ2) is 5.38. The molecular formula is C12H20N4O3. The molecule has 0 aliphatic carbocycles. The Labute approximate surface area is 112 Å². The van der Waals surface area contributed by atoms with E-state index in [1.807, 2.05) is 34.6 Å². The third-order valence-corrected chi connectivity index (χ3v) is 2.32. The van der Waals surface area contributed by atoms with Crippen molar-refractivity contribution in [3.05, 3.63) is 15.9 Å². The molecule has 0 fully saturated rings. The van der Waals surface area contributed by atoms with E-state index >= 15 is 0 Å². The molecule has 0 bridgehead atoms. The summed E-state index contributed by atoms with van der Waals surface area (Å²) < 4.78 is 5.03. The van der Waals surface area contributed by atoms with Crippen molar-refractivity contribution in [3.8, 4) is 5.88 Å². The fourth-order valence-corrected chi connectivity index (χ4v) is 1.45. The molecule has 7 heteroatoms. The van der Waals surface area contributed by atoms with Crippen molar-refractivity contribution in [3.63, 3.8) is 0 Å². The lowest BCUT2D eigenvalue weighted by molar-refractivity contribution is -0.385. The van der Waals surface area contributed by atoms with Crippen LogP contribution in [0.15, 0.2) is 0 Å². The van der Waals surface area contributed by atoms with Gasteiger partial charge in [0.05, 0.1) is 12.0 Å². The van der Waals surface area contributed by atoms with Crippen LogP contribution in [-0.4, -0.2) is 28.0 Å². The molecule has 7 nitrogen and oxygen atoms in total. The molecule has 0 amide bonds. The zero-order valence-corrected chi connectivity index (χ0v) is 12.1. The van der Waals surface area contributed by atoms with Gasteiger partial charge in [-0.25, -0.2) is 4.98 Å². The standard InChI is InChI=1S/C12H20N4O3/c1-7(2)13-9-8(16(17)18)10(19-6)15-11(14-9)12(3,4)5/h7H,1-6H3,(H,13,14,15). The molecule has 0 radical (unpaired) electrons. The van der Waals surface area contributed by atoms with Gasteiger partial charge in [-0.05, 0) is 13.8 Å². The Morgan fingerprint density at radius 3 is 2.26 bits per heavy atom. The molecule has 1 heterocycles. The van der Waals surface area contributed by atoms with Gasteiger partial charge in [0.2, 0.25) is 5.82 Å². The lowest BCUT2D eigenvalue weighted by Gasteiger charge is -2.19. The van der Waals surface area contributed by atoms with Crippen LogP contribution < -0.4 is 10.1 Å². The van der Waals surface area contributed by atoms with E-state index in [0.29, 0.717) is 5.82 Å². The summed E-state index contributed by atoms with van der Waals surface area (Å²) in [5.74, 6) is 0.669. The Balaban J connectivity index is 3.49. The fourth-order valence-electron chi connectivity index (χ4n) is 1.45. The number of ether oxygens (including phenoxy) is 1. The Morgan fingerprint density at radius 2 is 1.89 bits per heavy atom. The molecule has 0 saturated heterocycles. The summed E-state index contributed by atoms with van der Waals surface area (Å²) in [7, 11) is 1.36. The van der Waals surface area contributed by atoms with Crippen LogP contribution in [0.25, 0.3) is 0 Å². The van der Waals surface area contributed by atoms with Gasteiger partial charge in [0.1, 0.15) is 5.82 Å². The highest BCUT2D eigenvalue weighted by molar-refractivity contribution is 5.62.